The van der Waals surface area contributed by atoms with Gasteiger partial charge in [0, 0.05) is 29.5 Å². The van der Waals surface area contributed by atoms with Gasteiger partial charge in [-0.15, -0.1) is 0 Å². The highest BCUT2D eigenvalue weighted by atomic mass is 32.2. The van der Waals surface area contributed by atoms with Crippen LogP contribution in [0.1, 0.15) is 26.3 Å². The number of hydrogen-bond donors (Lipinski definition) is 3. The van der Waals surface area contributed by atoms with Gasteiger partial charge in [-0.1, -0.05) is 6.07 Å². The molecule has 0 bridgehead atoms. The minimum Gasteiger partial charge on any atom is -0.355 e. The molecule has 0 radical (unpaired) electrons. The molecule has 160 valence electrons. The largest absolute Gasteiger partial charge is 0.355 e. The third-order valence-electron chi connectivity index (χ3n) is 4.45. The fourth-order valence-electron chi connectivity index (χ4n) is 2.77. The number of nitrogens with one attached hydrogen (secondary N) is 3. The van der Waals surface area contributed by atoms with Crippen LogP contribution in [-0.2, 0) is 10.0 Å². The molecule has 0 atom stereocenters. The van der Waals surface area contributed by atoms with Crippen LogP contribution in [0.25, 0.3) is 0 Å². The van der Waals surface area contributed by atoms with Crippen LogP contribution in [0, 0.1) is 12.7 Å². The average Bonchev–Trinajstić information content (AvgIpc) is 2.75. The molecule has 0 aliphatic carbocycles. The first-order chi connectivity index (χ1) is 14.7. The van der Waals surface area contributed by atoms with E-state index in [1.54, 1.807) is 24.3 Å². The number of rotatable bonds is 6. The van der Waals surface area contributed by atoms with Crippen LogP contribution in [-0.4, -0.2) is 27.3 Å². The van der Waals surface area contributed by atoms with Gasteiger partial charge < -0.3 is 10.6 Å². The van der Waals surface area contributed by atoms with E-state index in [1.807, 2.05) is 0 Å². The average molecular weight is 441 g/mol. The third kappa shape index (κ3) is 5.26. The Morgan fingerprint density at radius 2 is 1.55 bits per heavy atom. The molecule has 9 heteroatoms. The van der Waals surface area contributed by atoms with Crippen molar-refractivity contribution >= 4 is 33.2 Å². The highest BCUT2D eigenvalue weighted by molar-refractivity contribution is 7.92. The Morgan fingerprint density at radius 3 is 2.19 bits per heavy atom. The molecule has 0 unspecified atom stereocenters. The summed E-state index contributed by atoms with van der Waals surface area (Å²) in [4.78, 5) is 24.1. The fraction of sp³-hybridized carbons (Fsp3) is 0.0909. The van der Waals surface area contributed by atoms with Crippen LogP contribution >= 0.6 is 0 Å². The number of carbonyl (C=O) groups is 2. The number of hydrogen-bond acceptors (Lipinski definition) is 4. The molecule has 0 heterocycles. The molecule has 0 aliphatic rings. The molecule has 7 nitrogen and oxygen atoms in total. The molecule has 0 spiro atoms. The number of halogens is 1. The van der Waals surface area contributed by atoms with E-state index in [0.717, 1.165) is 6.07 Å². The molecule has 3 aromatic carbocycles. The van der Waals surface area contributed by atoms with Crippen molar-refractivity contribution in [3.63, 3.8) is 0 Å². The normalized spacial score (nSPS) is 10.9. The van der Waals surface area contributed by atoms with E-state index < -0.39 is 21.7 Å². The lowest BCUT2D eigenvalue weighted by atomic mass is 10.1. The zero-order valence-corrected chi connectivity index (χ0v) is 17.6. The first-order valence-corrected chi connectivity index (χ1v) is 10.7. The summed E-state index contributed by atoms with van der Waals surface area (Å²) in [6.45, 7) is 1.48. The number of benzene rings is 3. The lowest BCUT2D eigenvalue weighted by molar-refractivity contribution is 0.0961. The van der Waals surface area contributed by atoms with Gasteiger partial charge in [0.05, 0.1) is 4.90 Å². The molecular formula is C22H20FN3O4S. The Morgan fingerprint density at radius 1 is 0.839 bits per heavy atom. The van der Waals surface area contributed by atoms with Gasteiger partial charge in [-0.25, -0.2) is 12.8 Å². The van der Waals surface area contributed by atoms with Crippen molar-refractivity contribution in [2.24, 2.45) is 0 Å². The molecular weight excluding hydrogens is 421 g/mol. The Balaban J connectivity index is 1.71. The van der Waals surface area contributed by atoms with Gasteiger partial charge in [-0.2, -0.15) is 0 Å². The zero-order valence-electron chi connectivity index (χ0n) is 16.8. The van der Waals surface area contributed by atoms with Gasteiger partial charge >= 0.3 is 0 Å². The highest BCUT2D eigenvalue weighted by Crippen LogP contribution is 2.20. The molecule has 0 aromatic heterocycles. The maximum absolute atomic E-state index is 13.4. The van der Waals surface area contributed by atoms with E-state index in [0.29, 0.717) is 16.8 Å². The van der Waals surface area contributed by atoms with Crippen molar-refractivity contribution in [2.75, 3.05) is 17.1 Å². The van der Waals surface area contributed by atoms with Crippen molar-refractivity contribution in [2.45, 2.75) is 11.8 Å². The summed E-state index contributed by atoms with van der Waals surface area (Å²) in [7, 11) is -2.39. The van der Waals surface area contributed by atoms with Crippen molar-refractivity contribution in [1.82, 2.24) is 5.32 Å². The van der Waals surface area contributed by atoms with Crippen LogP contribution in [0.15, 0.2) is 71.6 Å². The summed E-state index contributed by atoms with van der Waals surface area (Å²) < 4.78 is 40.8. The minimum absolute atomic E-state index is 0.0655. The van der Waals surface area contributed by atoms with Crippen molar-refractivity contribution in [3.05, 3.63) is 89.2 Å². The molecule has 0 saturated heterocycles. The van der Waals surface area contributed by atoms with Gasteiger partial charge in [0.25, 0.3) is 21.8 Å². The van der Waals surface area contributed by atoms with Crippen molar-refractivity contribution in [3.8, 4) is 0 Å². The van der Waals surface area contributed by atoms with E-state index in [1.165, 1.54) is 50.4 Å². The fourth-order valence-corrected chi connectivity index (χ4v) is 3.92. The Kier molecular flexibility index (Phi) is 6.36. The summed E-state index contributed by atoms with van der Waals surface area (Å²) >= 11 is 0. The van der Waals surface area contributed by atoms with E-state index >= 15 is 0 Å². The second-order valence-electron chi connectivity index (χ2n) is 6.71. The second-order valence-corrected chi connectivity index (χ2v) is 8.39. The maximum atomic E-state index is 13.4. The van der Waals surface area contributed by atoms with Crippen LogP contribution < -0.4 is 15.4 Å². The number of aryl methyl sites for hydroxylation is 1. The summed E-state index contributed by atoms with van der Waals surface area (Å²) in [6, 6.07) is 15.8. The maximum Gasteiger partial charge on any atom is 0.261 e. The summed E-state index contributed by atoms with van der Waals surface area (Å²) in [5.74, 6) is -1.18. The van der Waals surface area contributed by atoms with Crippen LogP contribution in [0.5, 0.6) is 0 Å². The summed E-state index contributed by atoms with van der Waals surface area (Å²) in [5, 5.41) is 5.20. The van der Waals surface area contributed by atoms with E-state index in [9.17, 15) is 22.4 Å². The number of anilines is 2. The Hall–Kier alpha value is -3.72. The lowest BCUT2D eigenvalue weighted by Gasteiger charge is -2.10. The van der Waals surface area contributed by atoms with Gasteiger partial charge in [0.2, 0.25) is 0 Å². The summed E-state index contributed by atoms with van der Waals surface area (Å²) in [6.07, 6.45) is 0. The van der Waals surface area contributed by atoms with Crippen LogP contribution in [0.4, 0.5) is 15.8 Å². The van der Waals surface area contributed by atoms with E-state index in [4.69, 9.17) is 0 Å². The summed E-state index contributed by atoms with van der Waals surface area (Å²) in [5.41, 5.74) is 1.62. The van der Waals surface area contributed by atoms with Crippen LogP contribution in [0.3, 0.4) is 0 Å². The molecule has 3 aromatic rings. The molecule has 2 amide bonds. The SMILES string of the molecule is CNC(=O)c1cccc(NC(=O)c2ccc(NS(=O)(=O)c3ccc(F)c(C)c3)cc2)c1. The molecule has 0 saturated carbocycles. The predicted octanol–water partition coefficient (Wildman–Crippen LogP) is 3.55. The monoisotopic (exact) mass is 441 g/mol. The minimum atomic E-state index is -3.90. The predicted molar refractivity (Wildman–Crippen MR) is 116 cm³/mol. The topological polar surface area (TPSA) is 104 Å². The number of sulfonamides is 1. The number of carbonyl (C=O) groups excluding carboxylic acids is 2. The van der Waals surface area contributed by atoms with Gasteiger partial charge in [0.1, 0.15) is 5.82 Å². The van der Waals surface area contributed by atoms with E-state index in [-0.39, 0.29) is 22.1 Å². The standard InChI is InChI=1S/C22H20FN3O4S/c1-14-12-19(10-11-20(14)23)31(29,30)26-17-8-6-15(7-9-17)22(28)25-18-5-3-4-16(13-18)21(27)24-2/h3-13,26H,1-2H3,(H,24,27)(H,25,28). The quantitative estimate of drug-likeness (QED) is 0.544. The zero-order chi connectivity index (χ0) is 22.6. The Labute approximate surface area is 179 Å². The first-order valence-electron chi connectivity index (χ1n) is 9.22. The van der Waals surface area contributed by atoms with Gasteiger partial charge in [-0.3, -0.25) is 14.3 Å². The first kappa shape index (κ1) is 22.0. The van der Waals surface area contributed by atoms with E-state index in [2.05, 4.69) is 15.4 Å². The smallest absolute Gasteiger partial charge is 0.261 e. The number of amides is 2. The molecule has 3 N–H and O–H groups in total. The highest BCUT2D eigenvalue weighted by Gasteiger charge is 2.16. The molecule has 3 rings (SSSR count). The van der Waals surface area contributed by atoms with Crippen LogP contribution in [0.2, 0.25) is 0 Å². The van der Waals surface area contributed by atoms with Gasteiger partial charge in [0.15, 0.2) is 0 Å². The Bertz CT molecular complexity index is 1240. The van der Waals surface area contributed by atoms with Crippen molar-refractivity contribution in [1.29, 1.82) is 0 Å². The lowest BCUT2D eigenvalue weighted by Crippen LogP contribution is -2.18. The molecule has 31 heavy (non-hydrogen) atoms. The van der Waals surface area contributed by atoms with Crippen molar-refractivity contribution < 1.29 is 22.4 Å². The molecule has 0 fully saturated rings. The van der Waals surface area contributed by atoms with Gasteiger partial charge in [-0.05, 0) is 73.2 Å². The third-order valence-corrected chi connectivity index (χ3v) is 5.83. The second kappa shape index (κ2) is 8.97. The molecule has 0 aliphatic heterocycles.